The van der Waals surface area contributed by atoms with E-state index in [4.69, 9.17) is 0 Å². The smallest absolute Gasteiger partial charge is 0.402 e. The monoisotopic (exact) mass is 480 g/mol. The Bertz CT molecular complexity index is 1220. The molecular formula is C30H28F4O. The van der Waals surface area contributed by atoms with Crippen molar-refractivity contribution in [3.05, 3.63) is 90.3 Å². The summed E-state index contributed by atoms with van der Waals surface area (Å²) in [7, 11) is 0. The van der Waals surface area contributed by atoms with Gasteiger partial charge in [-0.05, 0) is 76.3 Å². The Morgan fingerprint density at radius 1 is 0.800 bits per heavy atom. The molecule has 4 rings (SSSR count). The third-order valence-electron chi connectivity index (χ3n) is 6.82. The summed E-state index contributed by atoms with van der Waals surface area (Å²) < 4.78 is 56.6. The van der Waals surface area contributed by atoms with E-state index in [1.807, 2.05) is 18.2 Å². The van der Waals surface area contributed by atoms with Gasteiger partial charge in [-0.2, -0.15) is 0 Å². The Morgan fingerprint density at radius 3 is 2.00 bits per heavy atom. The topological polar surface area (TPSA) is 9.23 Å². The second-order valence-electron chi connectivity index (χ2n) is 9.21. The first-order valence-electron chi connectivity index (χ1n) is 11.8. The van der Waals surface area contributed by atoms with Crippen LogP contribution in [0, 0.1) is 11.7 Å². The molecule has 0 aromatic heterocycles. The maximum Gasteiger partial charge on any atom is 0.573 e. The van der Waals surface area contributed by atoms with E-state index in [9.17, 15) is 17.6 Å². The SMILES string of the molecule is C=Cc1cc(-c2ccc(C3CCC(C)CC3)cc2)ccc1-c1cc(F)c(OC(F)(F)F)c(C=C)c1. The van der Waals surface area contributed by atoms with Crippen LogP contribution in [0.5, 0.6) is 5.75 Å². The van der Waals surface area contributed by atoms with Crippen LogP contribution in [0.15, 0.2) is 67.8 Å². The third kappa shape index (κ3) is 5.67. The van der Waals surface area contributed by atoms with Gasteiger partial charge in [-0.3, -0.25) is 0 Å². The van der Waals surface area contributed by atoms with Crippen LogP contribution >= 0.6 is 0 Å². The average Bonchev–Trinajstić information content (AvgIpc) is 2.84. The van der Waals surface area contributed by atoms with Crippen LogP contribution in [-0.4, -0.2) is 6.36 Å². The van der Waals surface area contributed by atoms with Gasteiger partial charge in [0, 0.05) is 5.56 Å². The third-order valence-corrected chi connectivity index (χ3v) is 6.82. The maximum absolute atomic E-state index is 14.6. The minimum Gasteiger partial charge on any atom is -0.402 e. The van der Waals surface area contributed by atoms with Crippen molar-refractivity contribution in [2.75, 3.05) is 0 Å². The molecule has 1 saturated carbocycles. The summed E-state index contributed by atoms with van der Waals surface area (Å²) in [5, 5.41) is 0. The molecule has 3 aromatic carbocycles. The molecule has 0 bridgehead atoms. The van der Waals surface area contributed by atoms with Crippen LogP contribution < -0.4 is 4.74 Å². The first-order chi connectivity index (χ1) is 16.7. The maximum atomic E-state index is 14.6. The number of rotatable bonds is 6. The molecule has 35 heavy (non-hydrogen) atoms. The minimum atomic E-state index is -5.00. The van der Waals surface area contributed by atoms with Crippen molar-refractivity contribution in [2.24, 2.45) is 5.92 Å². The molecular weight excluding hydrogens is 452 g/mol. The standard InChI is InChI=1S/C30H28F4O/c1-4-20-16-25(24-12-10-23(11-13-24)22-8-6-19(3)7-9-22)14-15-27(20)26-17-21(5-2)29(28(31)18-26)35-30(32,33)34/h4-5,10-19,22H,1-2,6-9H2,3H3. The largest absolute Gasteiger partial charge is 0.573 e. The summed E-state index contributed by atoms with van der Waals surface area (Å²) >= 11 is 0. The molecule has 0 atom stereocenters. The molecule has 1 fully saturated rings. The molecule has 0 spiro atoms. The van der Waals surface area contributed by atoms with Crippen molar-refractivity contribution in [3.63, 3.8) is 0 Å². The lowest BCUT2D eigenvalue weighted by Crippen LogP contribution is -2.18. The molecule has 0 aliphatic heterocycles. The number of benzene rings is 3. The van der Waals surface area contributed by atoms with Crippen LogP contribution in [0.2, 0.25) is 0 Å². The van der Waals surface area contributed by atoms with E-state index in [-0.39, 0.29) is 5.56 Å². The number of alkyl halides is 3. The molecule has 0 N–H and O–H groups in total. The second kappa shape index (κ2) is 10.1. The fourth-order valence-electron chi connectivity index (χ4n) is 4.86. The van der Waals surface area contributed by atoms with Crippen LogP contribution in [0.3, 0.4) is 0 Å². The highest BCUT2D eigenvalue weighted by atomic mass is 19.4. The van der Waals surface area contributed by atoms with E-state index in [2.05, 4.69) is 49.1 Å². The normalized spacial score (nSPS) is 18.2. The Balaban J connectivity index is 1.63. The van der Waals surface area contributed by atoms with E-state index >= 15 is 0 Å². The molecule has 5 heteroatoms. The van der Waals surface area contributed by atoms with Gasteiger partial charge in [0.2, 0.25) is 0 Å². The summed E-state index contributed by atoms with van der Waals surface area (Å²) in [5.41, 5.74) is 5.13. The molecule has 3 aromatic rings. The van der Waals surface area contributed by atoms with E-state index in [1.165, 1.54) is 37.3 Å². The lowest BCUT2D eigenvalue weighted by Gasteiger charge is -2.26. The Kier molecular flexibility index (Phi) is 7.15. The van der Waals surface area contributed by atoms with Gasteiger partial charge in [-0.1, -0.05) is 81.5 Å². The van der Waals surface area contributed by atoms with Gasteiger partial charge in [-0.15, -0.1) is 13.2 Å². The van der Waals surface area contributed by atoms with Crippen molar-refractivity contribution in [1.29, 1.82) is 0 Å². The zero-order chi connectivity index (χ0) is 25.2. The van der Waals surface area contributed by atoms with Gasteiger partial charge in [0.15, 0.2) is 11.6 Å². The zero-order valence-corrected chi connectivity index (χ0v) is 19.7. The average molecular weight is 481 g/mol. The highest BCUT2D eigenvalue weighted by Gasteiger charge is 2.33. The quantitative estimate of drug-likeness (QED) is 0.319. The predicted octanol–water partition coefficient (Wildman–Crippen LogP) is 9.64. The van der Waals surface area contributed by atoms with Crippen molar-refractivity contribution in [2.45, 2.75) is 44.9 Å². The highest BCUT2D eigenvalue weighted by Crippen LogP contribution is 2.38. The zero-order valence-electron chi connectivity index (χ0n) is 19.7. The molecule has 0 amide bonds. The van der Waals surface area contributed by atoms with E-state index in [0.29, 0.717) is 17.0 Å². The molecule has 1 aliphatic rings. The Morgan fingerprint density at radius 2 is 1.40 bits per heavy atom. The summed E-state index contributed by atoms with van der Waals surface area (Å²) in [6.45, 7) is 9.70. The van der Waals surface area contributed by atoms with Crippen LogP contribution in [0.1, 0.15) is 55.2 Å². The molecule has 182 valence electrons. The molecule has 0 unspecified atom stereocenters. The number of halogens is 4. The van der Waals surface area contributed by atoms with Gasteiger partial charge < -0.3 is 4.74 Å². The van der Waals surface area contributed by atoms with Gasteiger partial charge in [-0.25, -0.2) is 4.39 Å². The van der Waals surface area contributed by atoms with E-state index in [1.54, 1.807) is 6.08 Å². The van der Waals surface area contributed by atoms with Crippen LogP contribution in [-0.2, 0) is 0 Å². The van der Waals surface area contributed by atoms with Crippen molar-refractivity contribution >= 4 is 12.2 Å². The summed E-state index contributed by atoms with van der Waals surface area (Å²) in [4.78, 5) is 0. The highest BCUT2D eigenvalue weighted by molar-refractivity contribution is 5.81. The molecule has 1 aliphatic carbocycles. The summed E-state index contributed by atoms with van der Waals surface area (Å²) in [6.07, 6.45) is 2.80. The van der Waals surface area contributed by atoms with Gasteiger partial charge >= 0.3 is 6.36 Å². The van der Waals surface area contributed by atoms with Gasteiger partial charge in [0.1, 0.15) is 0 Å². The molecule has 1 nitrogen and oxygen atoms in total. The number of ether oxygens (including phenoxy) is 1. The van der Waals surface area contributed by atoms with Crippen LogP contribution in [0.25, 0.3) is 34.4 Å². The fourth-order valence-corrected chi connectivity index (χ4v) is 4.86. The summed E-state index contributed by atoms with van der Waals surface area (Å²) in [5.74, 6) is -0.572. The van der Waals surface area contributed by atoms with Gasteiger partial charge in [0.05, 0.1) is 0 Å². The first kappa shape index (κ1) is 24.8. The van der Waals surface area contributed by atoms with Crippen molar-refractivity contribution in [1.82, 2.24) is 0 Å². The van der Waals surface area contributed by atoms with E-state index < -0.39 is 17.9 Å². The molecule has 0 heterocycles. The first-order valence-corrected chi connectivity index (χ1v) is 11.8. The van der Waals surface area contributed by atoms with Crippen molar-refractivity contribution < 1.29 is 22.3 Å². The van der Waals surface area contributed by atoms with Gasteiger partial charge in [0.25, 0.3) is 0 Å². The lowest BCUT2D eigenvalue weighted by molar-refractivity contribution is -0.275. The Hall–Kier alpha value is -3.34. The van der Waals surface area contributed by atoms with E-state index in [0.717, 1.165) is 34.8 Å². The van der Waals surface area contributed by atoms with Crippen molar-refractivity contribution in [3.8, 4) is 28.0 Å². The van der Waals surface area contributed by atoms with Crippen LogP contribution in [0.4, 0.5) is 17.6 Å². The second-order valence-corrected chi connectivity index (χ2v) is 9.21. The Labute approximate surface area is 203 Å². The lowest BCUT2D eigenvalue weighted by atomic mass is 9.79. The number of hydrogen-bond donors (Lipinski definition) is 0. The molecule has 0 saturated heterocycles. The summed E-state index contributed by atoms with van der Waals surface area (Å²) in [6, 6.07) is 16.8. The predicted molar refractivity (Wildman–Crippen MR) is 135 cm³/mol. The number of hydrogen-bond acceptors (Lipinski definition) is 1. The fraction of sp³-hybridized carbons (Fsp3) is 0.267. The molecule has 0 radical (unpaired) electrons. The minimum absolute atomic E-state index is 0.0795.